The topological polar surface area (TPSA) is 54.4 Å². The zero-order valence-electron chi connectivity index (χ0n) is 7.07. The van der Waals surface area contributed by atoms with Gasteiger partial charge in [0.05, 0.1) is 0 Å². The third-order valence-corrected chi connectivity index (χ3v) is 2.34. The minimum Gasteiger partial charge on any atom is -0.281 e. The van der Waals surface area contributed by atoms with Gasteiger partial charge in [-0.1, -0.05) is 0 Å². The van der Waals surface area contributed by atoms with Crippen molar-refractivity contribution in [1.82, 2.24) is 0 Å². The molecular weight excluding hydrogens is 300 g/mol. The van der Waals surface area contributed by atoms with E-state index in [0.717, 1.165) is 0 Å². The molecule has 0 heterocycles. The van der Waals surface area contributed by atoms with Gasteiger partial charge >= 0.3 is 33.4 Å². The van der Waals surface area contributed by atoms with Crippen molar-refractivity contribution in [3.8, 4) is 0 Å². The molecule has 0 amide bonds. The van der Waals surface area contributed by atoms with Crippen LogP contribution >= 0.6 is 0 Å². The lowest BCUT2D eigenvalue weighted by Crippen LogP contribution is -2.63. The molecule has 0 fully saturated rings. The Morgan fingerprint density at radius 2 is 1.00 bits per heavy atom. The monoisotopic (exact) mass is 301 g/mol. The largest absolute Gasteiger partial charge is 0.460 e. The lowest BCUT2D eigenvalue weighted by Gasteiger charge is -2.31. The Kier molecular flexibility index (Phi) is 3.48. The first-order valence-corrected chi connectivity index (χ1v) is 4.61. The third kappa shape index (κ3) is 2.17. The van der Waals surface area contributed by atoms with Crippen molar-refractivity contribution in [2.45, 2.75) is 23.3 Å². The lowest BCUT2D eigenvalue weighted by molar-refractivity contribution is -0.382. The van der Waals surface area contributed by atoms with Crippen molar-refractivity contribution in [3.05, 3.63) is 0 Å². The maximum Gasteiger partial charge on any atom is 0.460 e. The van der Waals surface area contributed by atoms with E-state index in [9.17, 15) is 47.9 Å². The summed E-state index contributed by atoms with van der Waals surface area (Å²) in [6, 6.07) is 0. The van der Waals surface area contributed by atoms with Gasteiger partial charge in [-0.2, -0.15) is 47.9 Å². The average molecular weight is 301 g/mol. The first-order valence-electron chi connectivity index (χ1n) is 3.17. The Bertz CT molecular complexity index is 393. The van der Waals surface area contributed by atoms with E-state index in [0.29, 0.717) is 0 Å². The molecule has 0 spiro atoms. The van der Waals surface area contributed by atoms with Gasteiger partial charge < -0.3 is 0 Å². The summed E-state index contributed by atoms with van der Waals surface area (Å²) in [7, 11) is -7.17. The van der Waals surface area contributed by atoms with E-state index in [1.807, 2.05) is 0 Å². The van der Waals surface area contributed by atoms with E-state index < -0.39 is 33.4 Å². The molecule has 0 aromatic rings. The van der Waals surface area contributed by atoms with Crippen LogP contribution in [0, 0.1) is 0 Å². The fraction of sp³-hybridized carbons (Fsp3) is 1.00. The van der Waals surface area contributed by atoms with Crippen LogP contribution in [0.5, 0.6) is 0 Å². The molecule has 13 heteroatoms. The van der Waals surface area contributed by atoms with Gasteiger partial charge in [0.1, 0.15) is 0 Å². The molecule has 0 saturated carbocycles. The lowest BCUT2D eigenvalue weighted by atomic mass is 10.2. The van der Waals surface area contributed by atoms with Crippen LogP contribution in [0.15, 0.2) is 0 Å². The Hall–Kier alpha value is -0.720. The molecular formula is C4HF9O3S. The molecule has 0 atom stereocenters. The molecule has 0 bridgehead atoms. The van der Waals surface area contributed by atoms with E-state index in [1.54, 1.807) is 0 Å². The molecule has 0 saturated heterocycles. The molecule has 104 valence electrons. The quantitative estimate of drug-likeness (QED) is 0.494. The Morgan fingerprint density at radius 1 is 0.706 bits per heavy atom. The Labute approximate surface area is 87.0 Å². The minimum atomic E-state index is -7.37. The highest BCUT2D eigenvalue weighted by atomic mass is 32.2. The summed E-state index contributed by atoms with van der Waals surface area (Å²) in [4.78, 5) is 0. The van der Waals surface area contributed by atoms with Crippen molar-refractivity contribution in [1.29, 1.82) is 0 Å². The van der Waals surface area contributed by atoms with Crippen LogP contribution in [-0.2, 0) is 10.1 Å². The number of hydrogen-bond donors (Lipinski definition) is 1. The first-order chi connectivity index (χ1) is 7.00. The van der Waals surface area contributed by atoms with Crippen LogP contribution in [0.1, 0.15) is 0 Å². The summed E-state index contributed by atoms with van der Waals surface area (Å²) in [6.07, 6.45) is -7.13. The van der Waals surface area contributed by atoms with Crippen LogP contribution in [0.2, 0.25) is 0 Å². The third-order valence-electron chi connectivity index (χ3n) is 1.44. The smallest absolute Gasteiger partial charge is 0.281 e. The minimum absolute atomic E-state index is 7.00. The normalized spacial score (nSPS) is 16.1. The van der Waals surface area contributed by atoms with Crippen LogP contribution < -0.4 is 0 Å². The number of rotatable bonds is 3. The molecule has 0 unspecified atom stereocenters. The average Bonchev–Trinajstić information content (AvgIpc) is 1.98. The van der Waals surface area contributed by atoms with Gasteiger partial charge in [0.25, 0.3) is 0 Å². The van der Waals surface area contributed by atoms with Gasteiger partial charge in [0.15, 0.2) is 0 Å². The summed E-state index contributed by atoms with van der Waals surface area (Å²) in [5.41, 5.74) is 0. The fourth-order valence-electron chi connectivity index (χ4n) is 0.523. The van der Waals surface area contributed by atoms with Crippen molar-refractivity contribution >= 4 is 10.1 Å². The molecule has 0 rings (SSSR count). The van der Waals surface area contributed by atoms with Gasteiger partial charge in [-0.25, -0.2) is 0 Å². The van der Waals surface area contributed by atoms with Crippen molar-refractivity contribution in [2.75, 3.05) is 0 Å². The van der Waals surface area contributed by atoms with E-state index in [1.165, 1.54) is 0 Å². The summed E-state index contributed by atoms with van der Waals surface area (Å²) < 4.78 is 134. The second-order valence-corrected chi connectivity index (χ2v) is 4.10. The van der Waals surface area contributed by atoms with Gasteiger partial charge in [-0.05, 0) is 0 Å². The first kappa shape index (κ1) is 16.3. The Balaban J connectivity index is 5.91. The van der Waals surface area contributed by atoms with Crippen LogP contribution in [0.4, 0.5) is 39.5 Å². The predicted octanol–water partition coefficient (Wildman–Crippen LogP) is 2.30. The zero-order valence-corrected chi connectivity index (χ0v) is 7.89. The van der Waals surface area contributed by atoms with Crippen LogP contribution in [0.25, 0.3) is 0 Å². The Morgan fingerprint density at radius 3 is 1.18 bits per heavy atom. The maximum absolute atomic E-state index is 12.2. The summed E-state index contributed by atoms with van der Waals surface area (Å²) in [6.45, 7) is 0. The van der Waals surface area contributed by atoms with Gasteiger partial charge in [0.2, 0.25) is 0 Å². The highest BCUT2D eigenvalue weighted by Crippen LogP contribution is 2.54. The molecule has 0 aromatic heterocycles. The molecule has 17 heavy (non-hydrogen) atoms. The number of alkyl halides is 9. The van der Waals surface area contributed by atoms with E-state index >= 15 is 0 Å². The summed E-state index contributed by atoms with van der Waals surface area (Å²) in [5, 5.41) is -7.00. The predicted molar refractivity (Wildman–Crippen MR) is 32.4 cm³/mol. The molecule has 3 nitrogen and oxygen atoms in total. The second kappa shape index (κ2) is 3.63. The molecule has 1 N–H and O–H groups in total. The molecule has 0 radical (unpaired) electrons. The molecule has 0 aliphatic carbocycles. The summed E-state index contributed by atoms with van der Waals surface area (Å²) >= 11 is 0. The molecule has 0 aliphatic heterocycles. The standard InChI is InChI=1S/C4HF9O3S/c5-1(6,3(9,10)11)2(7,8)4(12,13)17(14,15)16/h(H,14,15,16)/i4+1. The van der Waals surface area contributed by atoms with Gasteiger partial charge in [0, 0.05) is 0 Å². The SMILES string of the molecule is O=S(=O)(O)[13C](F)(F)C(F)(F)C(F)(F)C(F)(F)F. The van der Waals surface area contributed by atoms with Crippen molar-refractivity contribution in [2.24, 2.45) is 0 Å². The van der Waals surface area contributed by atoms with Crippen molar-refractivity contribution in [3.63, 3.8) is 0 Å². The van der Waals surface area contributed by atoms with Crippen LogP contribution in [0.3, 0.4) is 0 Å². The fourth-order valence-corrected chi connectivity index (χ4v) is 0.975. The maximum atomic E-state index is 12.2. The molecule has 0 aromatic carbocycles. The summed E-state index contributed by atoms with van der Waals surface area (Å²) in [5.74, 6) is -14.7. The van der Waals surface area contributed by atoms with Gasteiger partial charge in [-0.15, -0.1) is 0 Å². The number of hydrogen-bond acceptors (Lipinski definition) is 2. The highest BCUT2D eigenvalue weighted by molar-refractivity contribution is 7.87. The van der Waals surface area contributed by atoms with Crippen LogP contribution in [-0.4, -0.2) is 36.2 Å². The zero-order chi connectivity index (χ0) is 14.5. The highest BCUT2D eigenvalue weighted by Gasteiger charge is 2.85. The van der Waals surface area contributed by atoms with E-state index in [2.05, 4.69) is 0 Å². The van der Waals surface area contributed by atoms with Gasteiger partial charge in [-0.3, -0.25) is 4.55 Å². The van der Waals surface area contributed by atoms with Crippen molar-refractivity contribution < 1.29 is 52.5 Å². The molecule has 0 aliphatic rings. The van der Waals surface area contributed by atoms with E-state index in [4.69, 9.17) is 4.55 Å². The second-order valence-electron chi connectivity index (χ2n) is 2.64. The number of halogens is 9. The van der Waals surface area contributed by atoms with E-state index in [-0.39, 0.29) is 0 Å².